The van der Waals surface area contributed by atoms with E-state index in [2.05, 4.69) is 25.0 Å². The predicted molar refractivity (Wildman–Crippen MR) is 51.7 cm³/mol. The van der Waals surface area contributed by atoms with E-state index < -0.39 is 14.1 Å². The third-order valence-corrected chi connectivity index (χ3v) is 3.05. The number of carbonyl (C=O) groups excluding carboxylic acids is 1. The lowest BCUT2D eigenvalue weighted by Gasteiger charge is -2.15. The van der Waals surface area contributed by atoms with Gasteiger partial charge in [0, 0.05) is 14.7 Å². The Hall–Kier alpha value is -0.553. The van der Waals surface area contributed by atoms with E-state index in [1.54, 1.807) is 0 Å². The highest BCUT2D eigenvalue weighted by atomic mass is 28.3. The van der Waals surface area contributed by atoms with Crippen LogP contribution >= 0.6 is 0 Å². The number of nitrogens with one attached hydrogen (secondary N) is 1. The third kappa shape index (κ3) is 9.45. The third-order valence-electron chi connectivity index (χ3n) is 1.34. The summed E-state index contributed by atoms with van der Waals surface area (Å²) in [6.45, 7) is 7.75. The summed E-state index contributed by atoms with van der Waals surface area (Å²) in [5, 5.41) is 2.36. The summed E-state index contributed by atoms with van der Waals surface area (Å²) in [5.41, 5.74) is 4.84. The topological polar surface area (TPSA) is 64.3 Å². The first-order chi connectivity index (χ1) is 5.42. The Morgan fingerprint density at radius 1 is 1.50 bits per heavy atom. The van der Waals surface area contributed by atoms with Crippen LogP contribution in [0.4, 0.5) is 4.79 Å². The van der Waals surface area contributed by atoms with Crippen LogP contribution in [-0.4, -0.2) is 27.4 Å². The first kappa shape index (κ1) is 11.4. The lowest BCUT2D eigenvalue weighted by molar-refractivity contribution is 0.132. The van der Waals surface area contributed by atoms with Gasteiger partial charge in [0.1, 0.15) is 6.73 Å². The van der Waals surface area contributed by atoms with Gasteiger partial charge in [0.2, 0.25) is 0 Å². The van der Waals surface area contributed by atoms with Crippen molar-refractivity contribution in [1.29, 1.82) is 0 Å². The monoisotopic (exact) mass is 190 g/mol. The van der Waals surface area contributed by atoms with Crippen molar-refractivity contribution in [2.75, 3.05) is 13.3 Å². The Bertz CT molecular complexity index is 145. The van der Waals surface area contributed by atoms with Gasteiger partial charge >= 0.3 is 6.03 Å². The average molecular weight is 190 g/mol. The van der Waals surface area contributed by atoms with Crippen LogP contribution in [0.1, 0.15) is 0 Å². The SMILES string of the molecule is C[Si](C)(C)CCOCNC(N)=O. The molecule has 0 rings (SSSR count). The second-order valence-electron chi connectivity index (χ2n) is 3.90. The van der Waals surface area contributed by atoms with E-state index >= 15 is 0 Å². The quantitative estimate of drug-likeness (QED) is 0.385. The molecule has 0 radical (unpaired) electrons. The van der Waals surface area contributed by atoms with Gasteiger partial charge in [0.15, 0.2) is 0 Å². The number of ether oxygens (including phenoxy) is 1. The molecule has 0 unspecified atom stereocenters. The van der Waals surface area contributed by atoms with Crippen molar-refractivity contribution in [3.63, 3.8) is 0 Å². The summed E-state index contributed by atoms with van der Waals surface area (Å²) >= 11 is 0. The lowest BCUT2D eigenvalue weighted by atomic mass is 10.8. The average Bonchev–Trinajstić information content (AvgIpc) is 1.83. The molecule has 0 aromatic carbocycles. The van der Waals surface area contributed by atoms with E-state index in [0.29, 0.717) is 6.61 Å². The zero-order valence-corrected chi connectivity index (χ0v) is 9.02. The maximum absolute atomic E-state index is 10.2. The van der Waals surface area contributed by atoms with Gasteiger partial charge in [0.05, 0.1) is 0 Å². The fraction of sp³-hybridized carbons (Fsp3) is 0.857. The molecule has 0 fully saturated rings. The van der Waals surface area contributed by atoms with E-state index in [0.717, 1.165) is 6.04 Å². The van der Waals surface area contributed by atoms with Crippen LogP contribution < -0.4 is 11.1 Å². The summed E-state index contributed by atoms with van der Waals surface area (Å²) in [4.78, 5) is 10.2. The van der Waals surface area contributed by atoms with Gasteiger partial charge in [-0.15, -0.1) is 0 Å². The molecule has 0 aromatic rings. The number of primary amides is 1. The maximum Gasteiger partial charge on any atom is 0.313 e. The van der Waals surface area contributed by atoms with Crippen LogP contribution in [0, 0.1) is 0 Å². The summed E-state index contributed by atoms with van der Waals surface area (Å²) in [6.07, 6.45) is 0. The van der Waals surface area contributed by atoms with Crippen molar-refractivity contribution in [3.05, 3.63) is 0 Å². The number of hydrogen-bond donors (Lipinski definition) is 2. The van der Waals surface area contributed by atoms with Gasteiger partial charge in [-0.2, -0.15) is 0 Å². The molecule has 12 heavy (non-hydrogen) atoms. The van der Waals surface area contributed by atoms with E-state index in [1.807, 2.05) is 0 Å². The molecule has 5 heteroatoms. The minimum absolute atomic E-state index is 0.222. The van der Waals surface area contributed by atoms with Gasteiger partial charge in [-0.25, -0.2) is 4.79 Å². The molecule has 3 N–H and O–H groups in total. The minimum atomic E-state index is -1.00. The van der Waals surface area contributed by atoms with Gasteiger partial charge in [-0.3, -0.25) is 0 Å². The van der Waals surface area contributed by atoms with Gasteiger partial charge in [-0.1, -0.05) is 19.6 Å². The highest BCUT2D eigenvalue weighted by Crippen LogP contribution is 2.06. The Morgan fingerprint density at radius 3 is 2.50 bits per heavy atom. The molecule has 0 saturated carbocycles. The van der Waals surface area contributed by atoms with E-state index in [4.69, 9.17) is 10.5 Å². The van der Waals surface area contributed by atoms with Crippen molar-refractivity contribution in [3.8, 4) is 0 Å². The number of urea groups is 1. The second kappa shape index (κ2) is 5.16. The number of carbonyl (C=O) groups is 1. The van der Waals surface area contributed by atoms with Crippen molar-refractivity contribution in [2.45, 2.75) is 25.7 Å². The molecule has 0 heterocycles. The van der Waals surface area contributed by atoms with Crippen LogP contribution in [0.15, 0.2) is 0 Å². The Labute approximate surface area is 74.5 Å². The molecule has 0 aliphatic rings. The fourth-order valence-corrected chi connectivity index (χ4v) is 1.33. The zero-order chi connectivity index (χ0) is 9.61. The molecule has 0 atom stereocenters. The highest BCUT2D eigenvalue weighted by molar-refractivity contribution is 6.76. The molecule has 4 nitrogen and oxygen atoms in total. The van der Waals surface area contributed by atoms with Gasteiger partial charge in [0.25, 0.3) is 0 Å². The Kier molecular flexibility index (Phi) is 4.92. The molecule has 0 aliphatic heterocycles. The van der Waals surface area contributed by atoms with Crippen molar-refractivity contribution < 1.29 is 9.53 Å². The van der Waals surface area contributed by atoms with Crippen molar-refractivity contribution in [2.24, 2.45) is 5.73 Å². The van der Waals surface area contributed by atoms with Crippen LogP contribution in [0.3, 0.4) is 0 Å². The Balaban J connectivity index is 3.17. The largest absolute Gasteiger partial charge is 0.361 e. The Morgan fingerprint density at radius 2 is 2.08 bits per heavy atom. The van der Waals surface area contributed by atoms with Crippen LogP contribution in [0.2, 0.25) is 25.7 Å². The van der Waals surface area contributed by atoms with Crippen molar-refractivity contribution >= 4 is 14.1 Å². The molecular weight excluding hydrogens is 172 g/mol. The number of nitrogens with two attached hydrogens (primary N) is 1. The normalized spacial score (nSPS) is 11.2. The summed E-state index contributed by atoms with van der Waals surface area (Å²) in [6, 6.07) is 0.566. The maximum atomic E-state index is 10.2. The summed E-state index contributed by atoms with van der Waals surface area (Å²) in [7, 11) is -1.00. The fourth-order valence-electron chi connectivity index (χ4n) is 0.573. The van der Waals surface area contributed by atoms with E-state index in [1.165, 1.54) is 0 Å². The highest BCUT2D eigenvalue weighted by Gasteiger charge is 2.11. The number of rotatable bonds is 5. The molecule has 72 valence electrons. The minimum Gasteiger partial charge on any atom is -0.361 e. The molecule has 2 amide bonds. The number of amides is 2. The smallest absolute Gasteiger partial charge is 0.313 e. The van der Waals surface area contributed by atoms with Gasteiger partial charge < -0.3 is 15.8 Å². The standard InChI is InChI=1S/C7H18N2O2Si/c1-12(2,3)5-4-11-6-9-7(8)10/h4-6H2,1-3H3,(H3,8,9,10). The van der Waals surface area contributed by atoms with Crippen molar-refractivity contribution in [1.82, 2.24) is 5.32 Å². The molecule has 0 spiro atoms. The van der Waals surface area contributed by atoms with Crippen LogP contribution in [0.25, 0.3) is 0 Å². The van der Waals surface area contributed by atoms with Gasteiger partial charge in [-0.05, 0) is 6.04 Å². The molecule has 0 bridgehead atoms. The first-order valence-electron chi connectivity index (χ1n) is 4.03. The number of hydrogen-bond acceptors (Lipinski definition) is 2. The summed E-state index contributed by atoms with van der Waals surface area (Å²) < 4.78 is 5.14. The second-order valence-corrected chi connectivity index (χ2v) is 9.53. The molecular formula is C7H18N2O2Si. The van der Waals surface area contributed by atoms with Crippen LogP contribution in [0.5, 0.6) is 0 Å². The van der Waals surface area contributed by atoms with E-state index in [9.17, 15) is 4.79 Å². The zero-order valence-electron chi connectivity index (χ0n) is 8.02. The van der Waals surface area contributed by atoms with Crippen LogP contribution in [-0.2, 0) is 4.74 Å². The molecule has 0 saturated heterocycles. The first-order valence-corrected chi connectivity index (χ1v) is 7.73. The van der Waals surface area contributed by atoms with E-state index in [-0.39, 0.29) is 6.73 Å². The molecule has 0 aromatic heterocycles. The lowest BCUT2D eigenvalue weighted by Crippen LogP contribution is -2.32. The summed E-state index contributed by atoms with van der Waals surface area (Å²) in [5.74, 6) is 0. The molecule has 0 aliphatic carbocycles. The predicted octanol–water partition coefficient (Wildman–Crippen LogP) is 0.967.